The number of pyridine rings is 1. The van der Waals surface area contributed by atoms with Crippen molar-refractivity contribution in [3.8, 4) is 5.88 Å². The van der Waals surface area contributed by atoms with Gasteiger partial charge < -0.3 is 19.5 Å². The van der Waals surface area contributed by atoms with Gasteiger partial charge >= 0.3 is 0 Å². The largest absolute Gasteiger partial charge is 0.475 e. The predicted molar refractivity (Wildman–Crippen MR) is 108 cm³/mol. The zero-order valence-electron chi connectivity index (χ0n) is 17.7. The number of carbonyl (C=O) groups is 1. The molecular formula is C21H36N2O4. The molecule has 0 aromatic carbocycles. The van der Waals surface area contributed by atoms with Gasteiger partial charge in [0.05, 0.1) is 18.5 Å². The van der Waals surface area contributed by atoms with E-state index in [1.807, 2.05) is 0 Å². The summed E-state index contributed by atoms with van der Waals surface area (Å²) in [5.74, 6) is 1.10. The Kier molecular flexibility index (Phi) is 10.3. The van der Waals surface area contributed by atoms with Crippen molar-refractivity contribution in [2.24, 2.45) is 11.8 Å². The molecule has 0 radical (unpaired) electrons. The zero-order chi connectivity index (χ0) is 20.3. The molecule has 1 N–H and O–H groups in total. The summed E-state index contributed by atoms with van der Waals surface area (Å²) in [7, 11) is 1.62. The Labute approximate surface area is 164 Å². The quantitative estimate of drug-likeness (QED) is 0.517. The SMILES string of the molecule is CCCOC(CC(C)C)(CC(C)C)C(=O)Nc1ccc(OCCOC)nc1. The summed E-state index contributed by atoms with van der Waals surface area (Å²) in [4.78, 5) is 17.4. The standard InChI is InChI=1S/C21H36N2O4/c1-7-10-27-21(13-16(2)3,14-17(4)5)20(24)23-18-8-9-19(22-15-18)26-12-11-25-6/h8-9,15-17H,7,10-14H2,1-6H3,(H,23,24). The van der Waals surface area contributed by atoms with Gasteiger partial charge in [-0.15, -0.1) is 0 Å². The molecule has 0 aliphatic heterocycles. The van der Waals surface area contributed by atoms with E-state index in [0.29, 0.717) is 56.1 Å². The first-order chi connectivity index (χ1) is 12.8. The minimum absolute atomic E-state index is 0.104. The van der Waals surface area contributed by atoms with Gasteiger partial charge in [0.1, 0.15) is 12.2 Å². The van der Waals surface area contributed by atoms with E-state index in [-0.39, 0.29) is 5.91 Å². The van der Waals surface area contributed by atoms with E-state index in [9.17, 15) is 4.79 Å². The van der Waals surface area contributed by atoms with Crippen LogP contribution < -0.4 is 10.1 Å². The molecule has 0 saturated heterocycles. The number of hydrogen-bond acceptors (Lipinski definition) is 5. The van der Waals surface area contributed by atoms with Crippen molar-refractivity contribution in [1.29, 1.82) is 0 Å². The van der Waals surface area contributed by atoms with Crippen LogP contribution in [-0.2, 0) is 14.3 Å². The lowest BCUT2D eigenvalue weighted by Gasteiger charge is -2.35. The van der Waals surface area contributed by atoms with Crippen molar-refractivity contribution in [3.05, 3.63) is 18.3 Å². The molecule has 6 heteroatoms. The van der Waals surface area contributed by atoms with Gasteiger partial charge in [-0.1, -0.05) is 34.6 Å². The second-order valence-corrected chi connectivity index (χ2v) is 7.72. The minimum Gasteiger partial charge on any atom is -0.475 e. The van der Waals surface area contributed by atoms with Crippen molar-refractivity contribution in [2.75, 3.05) is 32.2 Å². The van der Waals surface area contributed by atoms with Gasteiger partial charge in [0.25, 0.3) is 5.91 Å². The number of carbonyl (C=O) groups excluding carboxylic acids is 1. The number of ether oxygens (including phenoxy) is 3. The second kappa shape index (κ2) is 11.9. The molecule has 1 amide bonds. The van der Waals surface area contributed by atoms with E-state index in [2.05, 4.69) is 44.9 Å². The molecule has 1 heterocycles. The summed E-state index contributed by atoms with van der Waals surface area (Å²) >= 11 is 0. The molecule has 6 nitrogen and oxygen atoms in total. The lowest BCUT2D eigenvalue weighted by atomic mass is 9.83. The van der Waals surface area contributed by atoms with Gasteiger partial charge in [0, 0.05) is 19.8 Å². The third kappa shape index (κ3) is 8.26. The molecule has 27 heavy (non-hydrogen) atoms. The summed E-state index contributed by atoms with van der Waals surface area (Å²) in [6, 6.07) is 3.53. The lowest BCUT2D eigenvalue weighted by Crippen LogP contribution is -2.47. The van der Waals surface area contributed by atoms with Gasteiger partial charge in [-0.05, 0) is 37.2 Å². The number of anilines is 1. The smallest absolute Gasteiger partial charge is 0.256 e. The Hall–Kier alpha value is -1.66. The normalized spacial score (nSPS) is 11.9. The van der Waals surface area contributed by atoms with Crippen LogP contribution in [0.2, 0.25) is 0 Å². The summed E-state index contributed by atoms with van der Waals surface area (Å²) in [6.07, 6.45) is 3.85. The molecule has 0 atom stereocenters. The van der Waals surface area contributed by atoms with Crippen LogP contribution in [0.25, 0.3) is 0 Å². The molecule has 0 fully saturated rings. The second-order valence-electron chi connectivity index (χ2n) is 7.72. The Bertz CT molecular complexity index is 534. The van der Waals surface area contributed by atoms with Crippen LogP contribution in [0.5, 0.6) is 5.88 Å². The van der Waals surface area contributed by atoms with E-state index in [0.717, 1.165) is 6.42 Å². The number of rotatable bonds is 13. The lowest BCUT2D eigenvalue weighted by molar-refractivity contribution is -0.147. The van der Waals surface area contributed by atoms with Crippen LogP contribution in [0.3, 0.4) is 0 Å². The van der Waals surface area contributed by atoms with E-state index in [4.69, 9.17) is 14.2 Å². The third-order valence-electron chi connectivity index (χ3n) is 4.00. The molecular weight excluding hydrogens is 344 g/mol. The fourth-order valence-corrected chi connectivity index (χ4v) is 3.08. The van der Waals surface area contributed by atoms with Gasteiger partial charge in [-0.25, -0.2) is 4.98 Å². The van der Waals surface area contributed by atoms with Crippen molar-refractivity contribution in [1.82, 2.24) is 4.98 Å². The summed E-state index contributed by atoms with van der Waals surface area (Å²) < 4.78 is 16.6. The maximum Gasteiger partial charge on any atom is 0.256 e. The molecule has 0 aliphatic carbocycles. The Morgan fingerprint density at radius 2 is 1.78 bits per heavy atom. The van der Waals surface area contributed by atoms with Crippen LogP contribution in [0.15, 0.2) is 18.3 Å². The summed E-state index contributed by atoms with van der Waals surface area (Å²) in [6.45, 7) is 12.0. The number of aromatic nitrogens is 1. The summed E-state index contributed by atoms with van der Waals surface area (Å²) in [5, 5.41) is 2.99. The van der Waals surface area contributed by atoms with Gasteiger partial charge in [0.2, 0.25) is 5.88 Å². The molecule has 0 aliphatic rings. The molecule has 154 valence electrons. The predicted octanol–water partition coefficient (Wildman–Crippen LogP) is 4.30. The molecule has 0 unspecified atom stereocenters. The molecule has 1 rings (SSSR count). The topological polar surface area (TPSA) is 69.7 Å². The third-order valence-corrected chi connectivity index (χ3v) is 4.00. The monoisotopic (exact) mass is 380 g/mol. The van der Waals surface area contributed by atoms with Crippen molar-refractivity contribution in [2.45, 2.75) is 59.5 Å². The first-order valence-corrected chi connectivity index (χ1v) is 9.86. The maximum absolute atomic E-state index is 13.2. The number of nitrogens with one attached hydrogen (secondary N) is 1. The van der Waals surface area contributed by atoms with Gasteiger partial charge in [-0.2, -0.15) is 0 Å². The highest BCUT2D eigenvalue weighted by Crippen LogP contribution is 2.31. The fourth-order valence-electron chi connectivity index (χ4n) is 3.08. The van der Waals surface area contributed by atoms with Crippen LogP contribution in [0.4, 0.5) is 5.69 Å². The van der Waals surface area contributed by atoms with E-state index < -0.39 is 5.60 Å². The van der Waals surface area contributed by atoms with Crippen LogP contribution >= 0.6 is 0 Å². The van der Waals surface area contributed by atoms with E-state index in [1.165, 1.54) is 0 Å². The van der Waals surface area contributed by atoms with Crippen molar-refractivity contribution in [3.63, 3.8) is 0 Å². The molecule has 0 spiro atoms. The maximum atomic E-state index is 13.2. The Morgan fingerprint density at radius 1 is 1.11 bits per heavy atom. The fraction of sp³-hybridized carbons (Fsp3) is 0.714. The Balaban J connectivity index is 2.90. The minimum atomic E-state index is -0.827. The van der Waals surface area contributed by atoms with Crippen LogP contribution in [-0.4, -0.2) is 43.4 Å². The van der Waals surface area contributed by atoms with E-state index in [1.54, 1.807) is 25.4 Å². The first-order valence-electron chi connectivity index (χ1n) is 9.86. The highest BCUT2D eigenvalue weighted by atomic mass is 16.5. The number of nitrogens with zero attached hydrogens (tertiary/aromatic N) is 1. The highest BCUT2D eigenvalue weighted by molar-refractivity contribution is 5.97. The van der Waals surface area contributed by atoms with Crippen LogP contribution in [0, 0.1) is 11.8 Å². The average molecular weight is 381 g/mol. The number of hydrogen-bond donors (Lipinski definition) is 1. The zero-order valence-corrected chi connectivity index (χ0v) is 17.7. The molecule has 0 bridgehead atoms. The number of amides is 1. The van der Waals surface area contributed by atoms with Crippen molar-refractivity contribution >= 4 is 11.6 Å². The highest BCUT2D eigenvalue weighted by Gasteiger charge is 2.40. The van der Waals surface area contributed by atoms with Gasteiger partial charge in [-0.3, -0.25) is 4.79 Å². The van der Waals surface area contributed by atoms with Crippen molar-refractivity contribution < 1.29 is 19.0 Å². The molecule has 0 saturated carbocycles. The van der Waals surface area contributed by atoms with Crippen LogP contribution in [0.1, 0.15) is 53.9 Å². The Morgan fingerprint density at radius 3 is 2.26 bits per heavy atom. The first kappa shape index (κ1) is 23.4. The number of methoxy groups -OCH3 is 1. The molecule has 1 aromatic rings. The molecule has 1 aromatic heterocycles. The average Bonchev–Trinajstić information content (AvgIpc) is 2.60. The van der Waals surface area contributed by atoms with Gasteiger partial charge in [0.15, 0.2) is 0 Å². The van der Waals surface area contributed by atoms with E-state index >= 15 is 0 Å². The summed E-state index contributed by atoms with van der Waals surface area (Å²) in [5.41, 5.74) is -0.192.